The number of hydrogen-bond donors (Lipinski definition) is 3. The van der Waals surface area contributed by atoms with Crippen LogP contribution < -0.4 is 10.1 Å². The number of aliphatic carboxylic acids is 1. The average molecular weight is 605 g/mol. The van der Waals surface area contributed by atoms with Crippen LogP contribution in [0.2, 0.25) is 0 Å². The van der Waals surface area contributed by atoms with Gasteiger partial charge in [0.2, 0.25) is 5.91 Å². The second-order valence-corrected chi connectivity index (χ2v) is 11.4. The summed E-state index contributed by atoms with van der Waals surface area (Å²) < 4.78 is 37.2. The van der Waals surface area contributed by atoms with Gasteiger partial charge in [-0.15, -0.1) is 0 Å². The molecule has 0 bridgehead atoms. The van der Waals surface area contributed by atoms with E-state index in [-0.39, 0.29) is 11.8 Å². The van der Waals surface area contributed by atoms with Crippen molar-refractivity contribution in [2.24, 2.45) is 0 Å². The molecule has 1 unspecified atom stereocenters. The van der Waals surface area contributed by atoms with Crippen molar-refractivity contribution in [3.05, 3.63) is 88.6 Å². The largest absolute Gasteiger partial charge is 0.497 e. The summed E-state index contributed by atoms with van der Waals surface area (Å²) >= 11 is 0. The van der Waals surface area contributed by atoms with E-state index in [2.05, 4.69) is 75.0 Å². The number of H-pyrrole nitrogens is 1. The Morgan fingerprint density at radius 1 is 1.09 bits per heavy atom. The van der Waals surface area contributed by atoms with E-state index in [1.807, 2.05) is 18.2 Å². The molecule has 3 N–H and O–H groups in total. The summed E-state index contributed by atoms with van der Waals surface area (Å²) in [5, 5.41) is 19.0. The summed E-state index contributed by atoms with van der Waals surface area (Å²) in [4.78, 5) is 24.4. The first-order valence-electron chi connectivity index (χ1n) is 14.4. The van der Waals surface area contributed by atoms with E-state index < -0.39 is 17.6 Å². The predicted octanol–water partition coefficient (Wildman–Crippen LogP) is 6.35. The zero-order chi connectivity index (χ0) is 31.1. The molecule has 3 heterocycles. The fraction of sp³-hybridized carbons (Fsp3) is 0.303. The third kappa shape index (κ3) is 5.67. The standard InChI is InChI=1S/C31H30N4O2.C2HF3O2/c1-37-23-10-13-28-25(17-23)31(30(36)32-28)18-26(31)22-9-11-24-27(33-34-29(24)16-22)12-8-20-4-6-21(7-5-20)19-35-14-2-3-15-35;3-2(4,5)1(6)7/h4-13,16-17,26H,2-3,14-15,18-19H2,1H3,(H,32,36)(H,33,34);(H,6,7)/b12-8+;/t26-,31?;/m0./s1. The van der Waals surface area contributed by atoms with Gasteiger partial charge in [-0.3, -0.25) is 14.8 Å². The van der Waals surface area contributed by atoms with Crippen molar-refractivity contribution >= 4 is 40.6 Å². The first kappa shape index (κ1) is 29.4. The normalized spacial score (nSPS) is 20.9. The second-order valence-electron chi connectivity index (χ2n) is 11.4. The maximum atomic E-state index is 13.0. The number of fused-ring (bicyclic) bond motifs is 3. The van der Waals surface area contributed by atoms with Crippen molar-refractivity contribution in [1.29, 1.82) is 0 Å². The molecule has 8 nitrogen and oxygen atoms in total. The van der Waals surface area contributed by atoms with Crippen LogP contribution in [0.25, 0.3) is 23.1 Å². The van der Waals surface area contributed by atoms with Gasteiger partial charge in [0.1, 0.15) is 5.75 Å². The number of aromatic nitrogens is 2. The number of methoxy groups -OCH3 is 1. The number of hydrogen-bond acceptors (Lipinski definition) is 5. The van der Waals surface area contributed by atoms with Crippen molar-refractivity contribution in [3.8, 4) is 5.75 Å². The Kier molecular flexibility index (Phi) is 7.66. The monoisotopic (exact) mass is 604 g/mol. The number of nitrogens with one attached hydrogen (secondary N) is 2. The van der Waals surface area contributed by atoms with Gasteiger partial charge in [0, 0.05) is 23.5 Å². The summed E-state index contributed by atoms with van der Waals surface area (Å²) in [5.74, 6) is -1.75. The predicted molar refractivity (Wildman–Crippen MR) is 160 cm³/mol. The molecule has 2 fully saturated rings. The molecule has 4 aromatic rings. The molecule has 1 amide bonds. The molecule has 1 saturated heterocycles. The Hall–Kier alpha value is -4.64. The summed E-state index contributed by atoms with van der Waals surface area (Å²) in [7, 11) is 1.66. The molecule has 44 heavy (non-hydrogen) atoms. The zero-order valence-electron chi connectivity index (χ0n) is 23.9. The van der Waals surface area contributed by atoms with Crippen molar-refractivity contribution in [2.45, 2.75) is 43.3 Å². The van der Waals surface area contributed by atoms with Gasteiger partial charge in [-0.1, -0.05) is 42.5 Å². The van der Waals surface area contributed by atoms with Crippen molar-refractivity contribution in [1.82, 2.24) is 15.1 Å². The molecule has 2 atom stereocenters. The molecule has 1 aromatic heterocycles. The van der Waals surface area contributed by atoms with E-state index in [0.717, 1.165) is 52.1 Å². The minimum absolute atomic E-state index is 0.0838. The van der Waals surface area contributed by atoms with E-state index in [0.29, 0.717) is 0 Å². The van der Waals surface area contributed by atoms with Gasteiger partial charge in [0.15, 0.2) is 0 Å². The van der Waals surface area contributed by atoms with Gasteiger partial charge < -0.3 is 15.2 Å². The lowest BCUT2D eigenvalue weighted by Crippen LogP contribution is -2.21. The summed E-state index contributed by atoms with van der Waals surface area (Å²) in [5.41, 5.74) is 7.04. The van der Waals surface area contributed by atoms with Crippen molar-refractivity contribution < 1.29 is 32.6 Å². The van der Waals surface area contributed by atoms with Crippen LogP contribution in [0.5, 0.6) is 5.75 Å². The lowest BCUT2D eigenvalue weighted by atomic mass is 9.91. The average Bonchev–Trinajstić information content (AvgIpc) is 3.23. The van der Waals surface area contributed by atoms with Crippen LogP contribution in [0, 0.1) is 0 Å². The number of likely N-dealkylation sites (tertiary alicyclic amines) is 1. The third-order valence-corrected chi connectivity index (χ3v) is 8.60. The highest BCUT2D eigenvalue weighted by Crippen LogP contribution is 2.65. The van der Waals surface area contributed by atoms with E-state index in [9.17, 15) is 18.0 Å². The lowest BCUT2D eigenvalue weighted by Gasteiger charge is -2.14. The molecule has 2 aliphatic heterocycles. The van der Waals surface area contributed by atoms with E-state index in [4.69, 9.17) is 14.6 Å². The first-order valence-corrected chi connectivity index (χ1v) is 14.4. The SMILES string of the molecule is COc1ccc2c(c1)C1(C[C@H]1c1ccc3c(/C=C/c4ccc(CN5CCCC5)cc4)n[nH]c3c1)C(=O)N2.O=C(O)C(F)(F)F. The fourth-order valence-corrected chi connectivity index (χ4v) is 6.21. The number of benzene rings is 3. The van der Waals surface area contributed by atoms with Gasteiger partial charge in [0.05, 0.1) is 23.7 Å². The fourth-order valence-electron chi connectivity index (χ4n) is 6.21. The maximum Gasteiger partial charge on any atom is 0.490 e. The molecular weight excluding hydrogens is 573 g/mol. The van der Waals surface area contributed by atoms with Crippen molar-refractivity contribution in [2.75, 3.05) is 25.5 Å². The molecule has 1 saturated carbocycles. The van der Waals surface area contributed by atoms with E-state index in [1.54, 1.807) is 7.11 Å². The number of alkyl halides is 3. The highest BCUT2D eigenvalue weighted by Gasteiger charge is 2.65. The number of nitrogens with zero attached hydrogens (tertiary/aromatic N) is 2. The number of rotatable bonds is 6. The number of amides is 1. The molecule has 1 aliphatic carbocycles. The molecule has 1 spiro atoms. The van der Waals surface area contributed by atoms with Crippen molar-refractivity contribution in [3.63, 3.8) is 0 Å². The van der Waals surface area contributed by atoms with E-state index >= 15 is 0 Å². The Morgan fingerprint density at radius 3 is 2.50 bits per heavy atom. The molecular formula is C33H31F3N4O4. The zero-order valence-corrected chi connectivity index (χ0v) is 23.9. The summed E-state index contributed by atoms with van der Waals surface area (Å²) in [6.07, 6.45) is 2.55. The van der Waals surface area contributed by atoms with Gasteiger partial charge in [-0.2, -0.15) is 18.3 Å². The second kappa shape index (κ2) is 11.5. The number of carbonyl (C=O) groups excluding carboxylic acids is 1. The Bertz CT molecular complexity index is 1740. The number of carboxylic acid groups (broad SMARTS) is 1. The third-order valence-electron chi connectivity index (χ3n) is 8.60. The van der Waals surface area contributed by atoms with Gasteiger partial charge in [0.25, 0.3) is 0 Å². The highest BCUT2D eigenvalue weighted by molar-refractivity contribution is 6.10. The summed E-state index contributed by atoms with van der Waals surface area (Å²) in [6, 6.07) is 21.1. The lowest BCUT2D eigenvalue weighted by molar-refractivity contribution is -0.192. The van der Waals surface area contributed by atoms with Crippen LogP contribution in [0.15, 0.2) is 60.7 Å². The number of aromatic amines is 1. The Balaban J connectivity index is 0.000000441. The van der Waals surface area contributed by atoms with Crippen LogP contribution in [-0.4, -0.2) is 58.5 Å². The Labute approximate surface area is 251 Å². The number of ether oxygens (including phenoxy) is 1. The van der Waals surface area contributed by atoms with Crippen LogP contribution in [0.1, 0.15) is 53.1 Å². The smallest absolute Gasteiger partial charge is 0.490 e. The van der Waals surface area contributed by atoms with Crippen LogP contribution in [0.3, 0.4) is 0 Å². The quantitative estimate of drug-likeness (QED) is 0.237. The van der Waals surface area contributed by atoms with Crippen LogP contribution >= 0.6 is 0 Å². The number of anilines is 1. The Morgan fingerprint density at radius 2 is 1.82 bits per heavy atom. The number of carboxylic acids is 1. The molecule has 228 valence electrons. The molecule has 3 aliphatic rings. The first-order chi connectivity index (χ1) is 21.1. The van der Waals surface area contributed by atoms with Gasteiger partial charge >= 0.3 is 12.1 Å². The number of halogens is 3. The molecule has 0 radical (unpaired) electrons. The minimum Gasteiger partial charge on any atom is -0.497 e. The number of carbonyl (C=O) groups is 2. The maximum absolute atomic E-state index is 13.0. The molecule has 7 rings (SSSR count). The minimum atomic E-state index is -5.08. The van der Waals surface area contributed by atoms with Gasteiger partial charge in [-0.05, 0) is 84.9 Å². The topological polar surface area (TPSA) is 108 Å². The molecule has 11 heteroatoms. The van der Waals surface area contributed by atoms with Crippen LogP contribution in [0.4, 0.5) is 18.9 Å². The highest BCUT2D eigenvalue weighted by atomic mass is 19.4. The van der Waals surface area contributed by atoms with E-state index in [1.165, 1.54) is 37.1 Å². The summed E-state index contributed by atoms with van der Waals surface area (Å²) in [6.45, 7) is 3.47. The van der Waals surface area contributed by atoms with Crippen LogP contribution in [-0.2, 0) is 21.5 Å². The van der Waals surface area contributed by atoms with Gasteiger partial charge in [-0.25, -0.2) is 4.79 Å². The molecule has 3 aromatic carbocycles.